The number of rotatable bonds is 4. The lowest BCUT2D eigenvalue weighted by atomic mass is 9.86. The van der Waals surface area contributed by atoms with E-state index in [0.29, 0.717) is 22.6 Å². The zero-order valence-electron chi connectivity index (χ0n) is 21.5. The molecule has 2 atom stereocenters. The number of carbonyl (C=O) groups excluding carboxylic acids is 1. The summed E-state index contributed by atoms with van der Waals surface area (Å²) < 4.78 is 32.1. The molecular weight excluding hydrogens is 484 g/mol. The van der Waals surface area contributed by atoms with Gasteiger partial charge in [-0.3, -0.25) is 4.79 Å². The maximum Gasteiger partial charge on any atom is 0.273 e. The van der Waals surface area contributed by atoms with Crippen LogP contribution in [0.15, 0.2) is 53.6 Å². The molecule has 0 radical (unpaired) electrons. The highest BCUT2D eigenvalue weighted by Gasteiger charge is 2.37. The van der Waals surface area contributed by atoms with Gasteiger partial charge in [-0.15, -0.1) is 0 Å². The number of amides is 1. The number of fused-ring (bicyclic) bond motifs is 1. The topological polar surface area (TPSA) is 53.7 Å². The largest absolute Gasteiger partial charge is 0.371 e. The van der Waals surface area contributed by atoms with Gasteiger partial charge in [-0.05, 0) is 80.9 Å². The van der Waals surface area contributed by atoms with Gasteiger partial charge in [0.1, 0.15) is 17.7 Å². The first-order valence-corrected chi connectivity index (χ1v) is 13.8. The summed E-state index contributed by atoms with van der Waals surface area (Å²) in [5, 5.41) is 4.73. The van der Waals surface area contributed by atoms with Crippen LogP contribution >= 0.6 is 0 Å². The molecule has 6 nitrogen and oxygen atoms in total. The normalized spacial score (nSPS) is 23.4. The van der Waals surface area contributed by atoms with Gasteiger partial charge in [0.15, 0.2) is 5.65 Å². The molecule has 2 fully saturated rings. The highest BCUT2D eigenvalue weighted by molar-refractivity contribution is 5.94. The number of hydrogen-bond donors (Lipinski definition) is 0. The third-order valence-corrected chi connectivity index (χ3v) is 8.54. The number of halogens is 2. The molecule has 0 N–H and O–H groups in total. The molecule has 8 heteroatoms. The van der Waals surface area contributed by atoms with E-state index < -0.39 is 6.17 Å². The quantitative estimate of drug-likeness (QED) is 0.438. The van der Waals surface area contributed by atoms with Gasteiger partial charge in [-0.1, -0.05) is 12.2 Å². The van der Waals surface area contributed by atoms with Crippen LogP contribution in [0.5, 0.6) is 0 Å². The lowest BCUT2D eigenvalue weighted by Gasteiger charge is -2.39. The van der Waals surface area contributed by atoms with Gasteiger partial charge in [0.05, 0.1) is 18.3 Å². The SMILES string of the molecule is CC1C2=C(C=CCC2)C(F)CN1C(=O)c1cc(C2CC2)n2nc(-c3ccc(N4CCCC4)cc3F)cc2n1. The maximum atomic E-state index is 15.3. The summed E-state index contributed by atoms with van der Waals surface area (Å²) in [6, 6.07) is 8.70. The number of allylic oxidation sites excluding steroid dienone is 2. The predicted octanol–water partition coefficient (Wildman–Crippen LogP) is 5.84. The fraction of sp³-hybridized carbons (Fsp3) is 0.433. The molecule has 4 aliphatic rings. The lowest BCUT2D eigenvalue weighted by Crippen LogP contribution is -2.48. The Balaban J connectivity index is 1.24. The molecule has 7 rings (SSSR count). The van der Waals surface area contributed by atoms with Crippen molar-refractivity contribution in [3.8, 4) is 11.3 Å². The molecule has 0 bridgehead atoms. The van der Waals surface area contributed by atoms with Crippen LogP contribution in [0.3, 0.4) is 0 Å². The van der Waals surface area contributed by atoms with E-state index in [2.05, 4.69) is 9.88 Å². The summed E-state index contributed by atoms with van der Waals surface area (Å²) in [4.78, 5) is 22.2. The van der Waals surface area contributed by atoms with Gasteiger partial charge in [-0.2, -0.15) is 5.10 Å². The van der Waals surface area contributed by atoms with Crippen LogP contribution in [0.4, 0.5) is 14.5 Å². The van der Waals surface area contributed by atoms with Gasteiger partial charge in [0, 0.05) is 42.0 Å². The molecule has 4 heterocycles. The van der Waals surface area contributed by atoms with E-state index in [1.54, 1.807) is 33.7 Å². The first kappa shape index (κ1) is 23.6. The minimum absolute atomic E-state index is 0.0217. The first-order valence-electron chi connectivity index (χ1n) is 13.8. The summed E-state index contributed by atoms with van der Waals surface area (Å²) in [5.41, 5.74) is 5.25. The number of carbonyl (C=O) groups is 1. The smallest absolute Gasteiger partial charge is 0.273 e. The Morgan fingerprint density at radius 2 is 1.92 bits per heavy atom. The predicted molar refractivity (Wildman–Crippen MR) is 143 cm³/mol. The van der Waals surface area contributed by atoms with Crippen molar-refractivity contribution in [1.29, 1.82) is 0 Å². The molecule has 0 spiro atoms. The van der Waals surface area contributed by atoms with Crippen molar-refractivity contribution < 1.29 is 13.6 Å². The summed E-state index contributed by atoms with van der Waals surface area (Å²) in [6.45, 7) is 3.90. The Labute approximate surface area is 220 Å². The number of benzene rings is 1. The number of anilines is 1. The minimum Gasteiger partial charge on any atom is -0.371 e. The first-order chi connectivity index (χ1) is 18.5. The number of nitrogens with zero attached hydrogens (tertiary/aromatic N) is 5. The summed E-state index contributed by atoms with van der Waals surface area (Å²) >= 11 is 0. The summed E-state index contributed by atoms with van der Waals surface area (Å²) in [7, 11) is 0. The number of aromatic nitrogens is 3. The van der Waals surface area contributed by atoms with E-state index in [9.17, 15) is 4.79 Å². The minimum atomic E-state index is -1.19. The number of alkyl halides is 1. The molecule has 1 aromatic carbocycles. The van der Waals surface area contributed by atoms with Crippen molar-refractivity contribution in [2.45, 2.75) is 63.6 Å². The van der Waals surface area contributed by atoms with Gasteiger partial charge >= 0.3 is 0 Å². The fourth-order valence-electron chi connectivity index (χ4n) is 6.27. The fourth-order valence-corrected chi connectivity index (χ4v) is 6.27. The Morgan fingerprint density at radius 1 is 1.11 bits per heavy atom. The Morgan fingerprint density at radius 3 is 2.68 bits per heavy atom. The zero-order chi connectivity index (χ0) is 26.0. The average molecular weight is 516 g/mol. The monoisotopic (exact) mass is 515 g/mol. The van der Waals surface area contributed by atoms with Crippen molar-refractivity contribution in [2.75, 3.05) is 24.5 Å². The molecule has 2 aliphatic heterocycles. The molecule has 1 saturated heterocycles. The Kier molecular flexibility index (Phi) is 5.60. The van der Waals surface area contributed by atoms with Crippen LogP contribution in [0.2, 0.25) is 0 Å². The summed E-state index contributed by atoms with van der Waals surface area (Å²) in [6.07, 6.45) is 8.60. The Hall–Kier alpha value is -3.55. The molecule has 38 heavy (non-hydrogen) atoms. The molecule has 2 aromatic heterocycles. The molecule has 196 valence electrons. The second-order valence-corrected chi connectivity index (χ2v) is 11.0. The van der Waals surface area contributed by atoms with Crippen molar-refractivity contribution in [3.05, 3.63) is 70.8 Å². The van der Waals surface area contributed by atoms with Crippen molar-refractivity contribution in [1.82, 2.24) is 19.5 Å². The average Bonchev–Trinajstić information content (AvgIpc) is 3.44. The van der Waals surface area contributed by atoms with Crippen LogP contribution in [-0.4, -0.2) is 57.3 Å². The second-order valence-electron chi connectivity index (χ2n) is 11.0. The highest BCUT2D eigenvalue weighted by Crippen LogP contribution is 2.41. The van der Waals surface area contributed by atoms with Gasteiger partial charge in [0.2, 0.25) is 0 Å². The van der Waals surface area contributed by atoms with Crippen LogP contribution in [0.25, 0.3) is 16.9 Å². The summed E-state index contributed by atoms with van der Waals surface area (Å²) in [5.74, 6) is -0.300. The third-order valence-electron chi connectivity index (χ3n) is 8.54. The lowest BCUT2D eigenvalue weighted by molar-refractivity contribution is 0.0643. The maximum absolute atomic E-state index is 15.3. The van der Waals surface area contributed by atoms with E-state index in [-0.39, 0.29) is 30.2 Å². The van der Waals surface area contributed by atoms with E-state index in [1.165, 1.54) is 0 Å². The zero-order valence-corrected chi connectivity index (χ0v) is 21.5. The standard InChI is InChI=1S/C30H31F2N5O/c1-18-21-6-2-3-7-22(21)25(32)17-36(18)30(38)27-15-28(19-8-9-19)37-29(33-27)16-26(34-37)23-11-10-20(14-24(23)31)35-12-4-5-13-35/h3,7,10-11,14-16,18-19,25H,2,4-6,8-9,12-13,17H2,1H3. The van der Waals surface area contributed by atoms with E-state index >= 15 is 8.78 Å². The van der Waals surface area contributed by atoms with Gasteiger partial charge in [-0.25, -0.2) is 18.3 Å². The van der Waals surface area contributed by atoms with Crippen molar-refractivity contribution >= 4 is 17.2 Å². The van der Waals surface area contributed by atoms with E-state index in [1.807, 2.05) is 25.1 Å². The Bertz CT molecular complexity index is 1500. The van der Waals surface area contributed by atoms with Crippen LogP contribution in [-0.2, 0) is 0 Å². The second kappa shape index (κ2) is 9.03. The van der Waals surface area contributed by atoms with Crippen molar-refractivity contribution in [3.63, 3.8) is 0 Å². The highest BCUT2D eigenvalue weighted by atomic mass is 19.1. The van der Waals surface area contributed by atoms with Crippen LogP contribution in [0, 0.1) is 5.82 Å². The van der Waals surface area contributed by atoms with Crippen LogP contribution in [0.1, 0.15) is 67.5 Å². The molecule has 2 aliphatic carbocycles. The van der Waals surface area contributed by atoms with E-state index in [0.717, 1.165) is 74.1 Å². The molecule has 2 unspecified atom stereocenters. The van der Waals surface area contributed by atoms with Gasteiger partial charge in [0.25, 0.3) is 5.91 Å². The van der Waals surface area contributed by atoms with E-state index in [4.69, 9.17) is 5.10 Å². The van der Waals surface area contributed by atoms with Crippen LogP contribution < -0.4 is 4.90 Å². The molecule has 1 saturated carbocycles. The molecule has 3 aromatic rings. The van der Waals surface area contributed by atoms with Gasteiger partial charge < -0.3 is 9.80 Å². The third kappa shape index (κ3) is 3.92. The molecular formula is C30H31F2N5O. The molecule has 1 amide bonds. The number of hydrogen-bond acceptors (Lipinski definition) is 4. The van der Waals surface area contributed by atoms with Crippen molar-refractivity contribution in [2.24, 2.45) is 0 Å².